The third-order valence-electron chi connectivity index (χ3n) is 7.20. The fraction of sp³-hybridized carbons (Fsp3) is 0.433. The van der Waals surface area contributed by atoms with E-state index in [1.807, 2.05) is 13.8 Å². The fourth-order valence-corrected chi connectivity index (χ4v) is 6.38. The summed E-state index contributed by atoms with van der Waals surface area (Å²) in [6, 6.07) is 15.1. The van der Waals surface area contributed by atoms with E-state index in [2.05, 4.69) is 6.92 Å². The van der Waals surface area contributed by atoms with E-state index in [0.717, 1.165) is 25.7 Å². The second-order valence-electron chi connectivity index (χ2n) is 10.5. The lowest BCUT2D eigenvalue weighted by molar-refractivity contribution is -0.124. The summed E-state index contributed by atoms with van der Waals surface area (Å²) in [5.74, 6) is 0.0962. The highest BCUT2D eigenvalue weighted by atomic mass is 32.2. The number of esters is 1. The first-order valence-corrected chi connectivity index (χ1v) is 15.2. The Labute approximate surface area is 230 Å². The molecule has 39 heavy (non-hydrogen) atoms. The van der Waals surface area contributed by atoms with Crippen LogP contribution < -0.4 is 4.90 Å². The van der Waals surface area contributed by atoms with Gasteiger partial charge in [-0.3, -0.25) is 9.69 Å². The molecule has 1 fully saturated rings. The zero-order chi connectivity index (χ0) is 28.2. The van der Waals surface area contributed by atoms with E-state index in [0.29, 0.717) is 17.2 Å². The van der Waals surface area contributed by atoms with Crippen molar-refractivity contribution in [3.63, 3.8) is 0 Å². The Balaban J connectivity index is 1.64. The number of benzene rings is 2. The molecule has 1 aliphatic carbocycles. The van der Waals surface area contributed by atoms with Crippen molar-refractivity contribution in [2.45, 2.75) is 70.1 Å². The van der Waals surface area contributed by atoms with Gasteiger partial charge in [-0.25, -0.2) is 17.9 Å². The number of aromatic nitrogens is 2. The van der Waals surface area contributed by atoms with Crippen LogP contribution in [0.25, 0.3) is 5.69 Å². The highest BCUT2D eigenvalue weighted by Gasteiger charge is 2.34. The van der Waals surface area contributed by atoms with Crippen LogP contribution in [0.3, 0.4) is 0 Å². The Morgan fingerprint density at radius 2 is 1.67 bits per heavy atom. The molecule has 3 aromatic rings. The van der Waals surface area contributed by atoms with E-state index in [9.17, 15) is 18.0 Å². The second kappa shape index (κ2) is 12.2. The van der Waals surface area contributed by atoms with E-state index in [4.69, 9.17) is 9.84 Å². The summed E-state index contributed by atoms with van der Waals surface area (Å²) in [5, 5.41) is 4.69. The Morgan fingerprint density at radius 3 is 2.26 bits per heavy atom. The quantitative estimate of drug-likeness (QED) is 0.322. The van der Waals surface area contributed by atoms with Crippen molar-refractivity contribution in [2.24, 2.45) is 11.8 Å². The first kappa shape index (κ1) is 28.5. The number of carbonyl (C=O) groups excluding carboxylic acids is 2. The summed E-state index contributed by atoms with van der Waals surface area (Å²) in [4.78, 5) is 28.5. The molecule has 1 aromatic heterocycles. The molecule has 2 aromatic carbocycles. The number of rotatable bonds is 9. The molecule has 0 N–H and O–H groups in total. The number of ether oxygens (including phenoxy) is 1. The lowest BCUT2D eigenvalue weighted by Gasteiger charge is -2.32. The Morgan fingerprint density at radius 1 is 1.03 bits per heavy atom. The van der Waals surface area contributed by atoms with Gasteiger partial charge in [0.2, 0.25) is 5.91 Å². The van der Waals surface area contributed by atoms with E-state index in [1.165, 1.54) is 0 Å². The molecule has 1 amide bonds. The van der Waals surface area contributed by atoms with E-state index in [1.54, 1.807) is 77.3 Å². The SMILES string of the molecule is CCOC(=O)c1cn(-c2ccc(CS(=O)(=O)c3ccccc3)cc2)nc1N(C(=O)C1CCC(C)CC1)C(C)C. The third kappa shape index (κ3) is 6.58. The van der Waals surface area contributed by atoms with Crippen LogP contribution in [0, 0.1) is 11.8 Å². The van der Waals surface area contributed by atoms with E-state index < -0.39 is 15.8 Å². The van der Waals surface area contributed by atoms with Crippen LogP contribution in [0.4, 0.5) is 5.82 Å². The molecule has 0 atom stereocenters. The highest BCUT2D eigenvalue weighted by molar-refractivity contribution is 7.90. The van der Waals surface area contributed by atoms with Crippen LogP contribution in [-0.2, 0) is 25.1 Å². The predicted octanol–water partition coefficient (Wildman–Crippen LogP) is 5.59. The largest absolute Gasteiger partial charge is 0.462 e. The van der Waals surface area contributed by atoms with Crippen LogP contribution in [0.5, 0.6) is 0 Å². The average molecular weight is 552 g/mol. The van der Waals surface area contributed by atoms with Gasteiger partial charge in [-0.2, -0.15) is 0 Å². The molecule has 9 heteroatoms. The van der Waals surface area contributed by atoms with Crippen molar-refractivity contribution in [1.82, 2.24) is 9.78 Å². The van der Waals surface area contributed by atoms with Crippen molar-refractivity contribution in [3.05, 3.63) is 71.9 Å². The highest BCUT2D eigenvalue weighted by Crippen LogP contribution is 2.33. The molecule has 0 spiro atoms. The lowest BCUT2D eigenvalue weighted by Crippen LogP contribution is -2.43. The second-order valence-corrected chi connectivity index (χ2v) is 12.5. The Kier molecular flexibility index (Phi) is 8.90. The fourth-order valence-electron chi connectivity index (χ4n) is 5.01. The smallest absolute Gasteiger partial charge is 0.343 e. The molecule has 4 rings (SSSR count). The standard InChI is InChI=1S/C30H37N3O5S/c1-5-38-30(35)27-19-32(31-28(27)33(21(2)3)29(34)24-15-11-22(4)12-16-24)25-17-13-23(14-18-25)20-39(36,37)26-9-7-6-8-10-26/h6-10,13-14,17-19,21-22,24H,5,11-12,15-16,20H2,1-4H3. The number of sulfone groups is 1. The average Bonchev–Trinajstić information content (AvgIpc) is 3.35. The van der Waals surface area contributed by atoms with Gasteiger partial charge in [-0.1, -0.05) is 37.3 Å². The normalized spacial score (nSPS) is 17.7. The van der Waals surface area contributed by atoms with Crippen LogP contribution in [0.15, 0.2) is 65.7 Å². The van der Waals surface area contributed by atoms with Crippen molar-refractivity contribution in [1.29, 1.82) is 0 Å². The van der Waals surface area contributed by atoms with Crippen LogP contribution in [-0.4, -0.2) is 42.7 Å². The van der Waals surface area contributed by atoms with E-state index >= 15 is 0 Å². The van der Waals surface area contributed by atoms with Gasteiger partial charge in [-0.05, 0) is 82.2 Å². The maximum absolute atomic E-state index is 13.7. The molecular formula is C30H37N3O5S. The maximum atomic E-state index is 13.7. The van der Waals surface area contributed by atoms with Gasteiger partial charge >= 0.3 is 5.97 Å². The molecule has 208 valence electrons. The number of amides is 1. The Hall–Kier alpha value is -3.46. The molecular weight excluding hydrogens is 514 g/mol. The molecule has 0 radical (unpaired) electrons. The summed E-state index contributed by atoms with van der Waals surface area (Å²) in [6.45, 7) is 7.98. The number of carbonyl (C=O) groups is 2. The van der Waals surface area contributed by atoms with Crippen molar-refractivity contribution < 1.29 is 22.7 Å². The zero-order valence-corrected chi connectivity index (χ0v) is 23.9. The van der Waals surface area contributed by atoms with Gasteiger partial charge in [-0.15, -0.1) is 5.10 Å². The van der Waals surface area contributed by atoms with Gasteiger partial charge in [0.15, 0.2) is 15.7 Å². The predicted molar refractivity (Wildman–Crippen MR) is 151 cm³/mol. The molecule has 0 bridgehead atoms. The minimum Gasteiger partial charge on any atom is -0.462 e. The van der Waals surface area contributed by atoms with Gasteiger partial charge in [0, 0.05) is 18.2 Å². The van der Waals surface area contributed by atoms with Crippen LogP contribution in [0.2, 0.25) is 0 Å². The summed E-state index contributed by atoms with van der Waals surface area (Å²) in [7, 11) is -3.48. The number of hydrogen-bond acceptors (Lipinski definition) is 6. The monoisotopic (exact) mass is 551 g/mol. The van der Waals surface area contributed by atoms with Gasteiger partial charge in [0.05, 0.1) is 22.9 Å². The van der Waals surface area contributed by atoms with Crippen molar-refractivity contribution in [2.75, 3.05) is 11.5 Å². The number of nitrogens with zero attached hydrogens (tertiary/aromatic N) is 3. The van der Waals surface area contributed by atoms with Crippen LogP contribution in [0.1, 0.15) is 69.3 Å². The molecule has 8 nitrogen and oxygen atoms in total. The van der Waals surface area contributed by atoms with Gasteiger partial charge < -0.3 is 4.74 Å². The third-order valence-corrected chi connectivity index (χ3v) is 8.90. The molecule has 0 unspecified atom stereocenters. The minimum absolute atomic E-state index is 0.0193. The van der Waals surface area contributed by atoms with Crippen molar-refractivity contribution >= 4 is 27.5 Å². The summed E-state index contributed by atoms with van der Waals surface area (Å²) < 4.78 is 32.4. The topological polar surface area (TPSA) is 98.6 Å². The Bertz CT molecular complexity index is 1390. The number of anilines is 1. The van der Waals surface area contributed by atoms with Crippen LogP contribution >= 0.6 is 0 Å². The first-order valence-electron chi connectivity index (χ1n) is 13.6. The summed E-state index contributed by atoms with van der Waals surface area (Å²) in [5.41, 5.74) is 1.49. The molecule has 0 saturated heterocycles. The molecule has 1 aliphatic rings. The first-order chi connectivity index (χ1) is 18.6. The summed E-state index contributed by atoms with van der Waals surface area (Å²) in [6.07, 6.45) is 5.24. The summed E-state index contributed by atoms with van der Waals surface area (Å²) >= 11 is 0. The molecule has 0 aliphatic heterocycles. The van der Waals surface area contributed by atoms with E-state index in [-0.39, 0.29) is 46.5 Å². The zero-order valence-electron chi connectivity index (χ0n) is 23.0. The lowest BCUT2D eigenvalue weighted by atomic mass is 9.82. The molecule has 1 saturated carbocycles. The van der Waals surface area contributed by atoms with Crippen molar-refractivity contribution in [3.8, 4) is 5.69 Å². The van der Waals surface area contributed by atoms with Gasteiger partial charge in [0.1, 0.15) is 5.56 Å². The number of hydrogen-bond donors (Lipinski definition) is 0. The molecule has 1 heterocycles. The van der Waals surface area contributed by atoms with Gasteiger partial charge in [0.25, 0.3) is 0 Å². The maximum Gasteiger partial charge on any atom is 0.343 e. The minimum atomic E-state index is -3.48.